The highest BCUT2D eigenvalue weighted by Crippen LogP contribution is 2.21. The van der Waals surface area contributed by atoms with E-state index in [-0.39, 0.29) is 11.4 Å². The van der Waals surface area contributed by atoms with Gasteiger partial charge in [-0.25, -0.2) is 9.78 Å². The van der Waals surface area contributed by atoms with Gasteiger partial charge in [-0.15, -0.1) is 0 Å². The van der Waals surface area contributed by atoms with Gasteiger partial charge in [0, 0.05) is 15.3 Å². The van der Waals surface area contributed by atoms with E-state index in [0.29, 0.717) is 10.6 Å². The summed E-state index contributed by atoms with van der Waals surface area (Å²) in [6.45, 7) is 0. The number of carboxylic acid groups (broad SMARTS) is 1. The molecule has 20 heavy (non-hydrogen) atoms. The molecule has 0 aliphatic rings. The summed E-state index contributed by atoms with van der Waals surface area (Å²) in [5.41, 5.74) is 0.271. The van der Waals surface area contributed by atoms with Crippen LogP contribution in [0.15, 0.2) is 36.5 Å². The summed E-state index contributed by atoms with van der Waals surface area (Å²) in [6.07, 6.45) is 1.35. The molecule has 0 saturated carbocycles. The minimum absolute atomic E-state index is 0.139. The molecule has 0 aliphatic carbocycles. The van der Waals surface area contributed by atoms with Crippen LogP contribution < -0.4 is 5.32 Å². The summed E-state index contributed by atoms with van der Waals surface area (Å²) in [4.78, 5) is 26.8. The fourth-order valence-electron chi connectivity index (χ4n) is 1.51. The Morgan fingerprint density at radius 2 is 2.05 bits per heavy atom. The maximum absolute atomic E-state index is 12.1. The number of benzene rings is 1. The van der Waals surface area contributed by atoms with Gasteiger partial charge >= 0.3 is 5.97 Å². The molecular formula is C13H8ClIN2O3. The monoisotopic (exact) mass is 402 g/mol. The summed E-state index contributed by atoms with van der Waals surface area (Å²) in [5, 5.41) is 12.0. The van der Waals surface area contributed by atoms with Gasteiger partial charge in [-0.05, 0) is 52.9 Å². The summed E-state index contributed by atoms with van der Waals surface area (Å²) in [5.74, 6) is -1.65. The second-order valence-corrected chi connectivity index (χ2v) is 5.36. The largest absolute Gasteiger partial charge is 0.476 e. The van der Waals surface area contributed by atoms with E-state index in [1.165, 1.54) is 18.3 Å². The number of carbonyl (C=O) groups excluding carboxylic acids is 1. The highest BCUT2D eigenvalue weighted by molar-refractivity contribution is 14.1. The van der Waals surface area contributed by atoms with Crippen LogP contribution in [0.3, 0.4) is 0 Å². The molecule has 2 N–H and O–H groups in total. The van der Waals surface area contributed by atoms with Crippen molar-refractivity contribution in [1.82, 2.24) is 4.98 Å². The zero-order chi connectivity index (χ0) is 14.7. The highest BCUT2D eigenvalue weighted by Gasteiger charge is 2.14. The summed E-state index contributed by atoms with van der Waals surface area (Å²) in [7, 11) is 0. The molecule has 0 bridgehead atoms. The average molecular weight is 403 g/mol. The van der Waals surface area contributed by atoms with E-state index < -0.39 is 11.9 Å². The first-order valence-corrected chi connectivity index (χ1v) is 6.89. The first-order chi connectivity index (χ1) is 9.49. The summed E-state index contributed by atoms with van der Waals surface area (Å²) < 4.78 is 0.827. The van der Waals surface area contributed by atoms with Crippen molar-refractivity contribution in [2.75, 3.05) is 5.32 Å². The van der Waals surface area contributed by atoms with Crippen molar-refractivity contribution in [2.24, 2.45) is 0 Å². The van der Waals surface area contributed by atoms with Crippen molar-refractivity contribution in [1.29, 1.82) is 0 Å². The molecule has 1 aromatic heterocycles. The lowest BCUT2D eigenvalue weighted by molar-refractivity contribution is 0.0692. The van der Waals surface area contributed by atoms with Gasteiger partial charge in [-0.3, -0.25) is 4.79 Å². The van der Waals surface area contributed by atoms with Gasteiger partial charge < -0.3 is 10.4 Å². The Morgan fingerprint density at radius 3 is 2.70 bits per heavy atom. The predicted molar refractivity (Wildman–Crippen MR) is 83.3 cm³/mol. The van der Waals surface area contributed by atoms with Gasteiger partial charge in [-0.1, -0.05) is 11.6 Å². The fraction of sp³-hybridized carbons (Fsp3) is 0. The quantitative estimate of drug-likeness (QED) is 0.772. The molecule has 0 saturated heterocycles. The minimum Gasteiger partial charge on any atom is -0.476 e. The van der Waals surface area contributed by atoms with Gasteiger partial charge in [-0.2, -0.15) is 0 Å². The Morgan fingerprint density at radius 1 is 1.30 bits per heavy atom. The van der Waals surface area contributed by atoms with Crippen LogP contribution in [-0.4, -0.2) is 22.0 Å². The standard InChI is InChI=1S/C13H8ClIN2O3/c14-8-6-7(3-4-9(8)15)12(18)17-10-2-1-5-16-11(10)13(19)20/h1-6H,(H,17,18)(H,19,20). The van der Waals surface area contributed by atoms with E-state index >= 15 is 0 Å². The number of nitrogens with zero attached hydrogens (tertiary/aromatic N) is 1. The molecule has 0 radical (unpaired) electrons. The maximum atomic E-state index is 12.1. The lowest BCUT2D eigenvalue weighted by Gasteiger charge is -2.08. The number of anilines is 1. The Kier molecular flexibility index (Phi) is 4.56. The molecule has 0 atom stereocenters. The van der Waals surface area contributed by atoms with E-state index in [1.54, 1.807) is 18.2 Å². The molecule has 2 aromatic rings. The SMILES string of the molecule is O=C(Nc1cccnc1C(=O)O)c1ccc(I)c(Cl)c1. The van der Waals surface area contributed by atoms with Crippen molar-refractivity contribution in [3.05, 3.63) is 56.4 Å². The number of halogens is 2. The van der Waals surface area contributed by atoms with Crippen LogP contribution in [0.5, 0.6) is 0 Å². The number of hydrogen-bond donors (Lipinski definition) is 2. The molecule has 1 heterocycles. The number of aromatic carboxylic acids is 1. The summed E-state index contributed by atoms with van der Waals surface area (Å²) >= 11 is 8.00. The molecule has 2 rings (SSSR count). The van der Waals surface area contributed by atoms with Crippen molar-refractivity contribution < 1.29 is 14.7 Å². The van der Waals surface area contributed by atoms with Gasteiger partial charge in [0.2, 0.25) is 0 Å². The smallest absolute Gasteiger partial charge is 0.356 e. The van der Waals surface area contributed by atoms with Crippen LogP contribution in [0, 0.1) is 3.57 Å². The number of nitrogens with one attached hydrogen (secondary N) is 1. The Labute approximate surface area is 133 Å². The van der Waals surface area contributed by atoms with Crippen molar-refractivity contribution in [2.45, 2.75) is 0 Å². The lowest BCUT2D eigenvalue weighted by atomic mass is 10.2. The number of amides is 1. The number of carbonyl (C=O) groups is 2. The molecule has 1 amide bonds. The second kappa shape index (κ2) is 6.19. The number of pyridine rings is 1. The van der Waals surface area contributed by atoms with Gasteiger partial charge in [0.05, 0.1) is 10.7 Å². The van der Waals surface area contributed by atoms with Crippen molar-refractivity contribution in [3.63, 3.8) is 0 Å². The van der Waals surface area contributed by atoms with E-state index in [1.807, 2.05) is 0 Å². The number of carboxylic acids is 1. The van der Waals surface area contributed by atoms with Crippen LogP contribution in [0.2, 0.25) is 5.02 Å². The zero-order valence-corrected chi connectivity index (χ0v) is 12.8. The normalized spacial score (nSPS) is 10.1. The third-order valence-corrected chi connectivity index (χ3v) is 4.01. The molecule has 5 nitrogen and oxygen atoms in total. The third-order valence-electron chi connectivity index (χ3n) is 2.44. The van der Waals surface area contributed by atoms with Gasteiger partial charge in [0.15, 0.2) is 5.69 Å². The predicted octanol–water partition coefficient (Wildman–Crippen LogP) is 3.29. The topological polar surface area (TPSA) is 79.3 Å². The third kappa shape index (κ3) is 3.26. The number of aromatic nitrogens is 1. The molecule has 0 unspecified atom stereocenters. The van der Waals surface area contributed by atoms with Crippen LogP contribution in [0.25, 0.3) is 0 Å². The Bertz CT molecular complexity index is 691. The van der Waals surface area contributed by atoms with E-state index in [4.69, 9.17) is 16.7 Å². The second-order valence-electron chi connectivity index (χ2n) is 3.79. The van der Waals surface area contributed by atoms with E-state index in [2.05, 4.69) is 32.9 Å². The van der Waals surface area contributed by atoms with Crippen molar-refractivity contribution >= 4 is 51.8 Å². The van der Waals surface area contributed by atoms with Gasteiger partial charge in [0.1, 0.15) is 0 Å². The Balaban J connectivity index is 2.28. The Hall–Kier alpha value is -1.67. The van der Waals surface area contributed by atoms with Crippen LogP contribution in [0.4, 0.5) is 5.69 Å². The molecule has 1 aromatic carbocycles. The molecule has 7 heteroatoms. The fourth-order valence-corrected chi connectivity index (χ4v) is 2.02. The van der Waals surface area contributed by atoms with E-state index in [9.17, 15) is 9.59 Å². The molecule has 0 spiro atoms. The first-order valence-electron chi connectivity index (χ1n) is 5.44. The van der Waals surface area contributed by atoms with Gasteiger partial charge in [0.25, 0.3) is 5.91 Å². The number of hydrogen-bond acceptors (Lipinski definition) is 3. The van der Waals surface area contributed by atoms with Crippen LogP contribution >= 0.6 is 34.2 Å². The molecular weight excluding hydrogens is 395 g/mol. The van der Waals surface area contributed by atoms with E-state index in [0.717, 1.165) is 3.57 Å². The lowest BCUT2D eigenvalue weighted by Crippen LogP contribution is -2.15. The zero-order valence-electron chi connectivity index (χ0n) is 9.93. The molecule has 102 valence electrons. The van der Waals surface area contributed by atoms with Crippen LogP contribution in [0.1, 0.15) is 20.8 Å². The van der Waals surface area contributed by atoms with Crippen molar-refractivity contribution in [3.8, 4) is 0 Å². The maximum Gasteiger partial charge on any atom is 0.356 e. The van der Waals surface area contributed by atoms with Crippen LogP contribution in [-0.2, 0) is 0 Å². The molecule has 0 aliphatic heterocycles. The summed E-state index contributed by atoms with van der Waals surface area (Å²) in [6, 6.07) is 7.86. The molecule has 0 fully saturated rings. The highest BCUT2D eigenvalue weighted by atomic mass is 127. The first kappa shape index (κ1) is 14.7. The average Bonchev–Trinajstić information content (AvgIpc) is 2.42. The minimum atomic E-state index is -1.21. The number of rotatable bonds is 3.